The molecule has 0 spiro atoms. The van der Waals surface area contributed by atoms with Crippen molar-refractivity contribution in [2.75, 3.05) is 7.05 Å². The van der Waals surface area contributed by atoms with Crippen molar-refractivity contribution in [3.63, 3.8) is 0 Å². The SMILES string of the molecule is CNC(=O)C(CC(C)C)NC(=O)c1cc(C2CC2)[nH]n1. The highest BCUT2D eigenvalue weighted by Gasteiger charge is 2.27. The fourth-order valence-electron chi connectivity index (χ4n) is 2.17. The number of nitrogens with one attached hydrogen (secondary N) is 3. The van der Waals surface area contributed by atoms with Gasteiger partial charge in [-0.2, -0.15) is 5.10 Å². The van der Waals surface area contributed by atoms with Crippen molar-refractivity contribution in [1.82, 2.24) is 20.8 Å². The molecular formula is C14H22N4O2. The molecule has 1 heterocycles. The van der Waals surface area contributed by atoms with E-state index in [2.05, 4.69) is 20.8 Å². The fraction of sp³-hybridized carbons (Fsp3) is 0.643. The molecular weight excluding hydrogens is 256 g/mol. The zero-order valence-corrected chi connectivity index (χ0v) is 12.2. The first-order valence-corrected chi connectivity index (χ1v) is 7.09. The van der Waals surface area contributed by atoms with E-state index in [1.54, 1.807) is 13.1 Å². The molecule has 3 N–H and O–H groups in total. The van der Waals surface area contributed by atoms with Gasteiger partial charge in [0.1, 0.15) is 11.7 Å². The molecule has 1 aliphatic carbocycles. The summed E-state index contributed by atoms with van der Waals surface area (Å²) in [5.74, 6) is 0.362. The summed E-state index contributed by atoms with van der Waals surface area (Å²) in [7, 11) is 1.57. The Morgan fingerprint density at radius 3 is 2.70 bits per heavy atom. The molecule has 0 bridgehead atoms. The molecule has 1 aromatic heterocycles. The highest BCUT2D eigenvalue weighted by Crippen LogP contribution is 2.38. The van der Waals surface area contributed by atoms with E-state index in [0.29, 0.717) is 24.0 Å². The number of amides is 2. The fourth-order valence-corrected chi connectivity index (χ4v) is 2.17. The first kappa shape index (κ1) is 14.6. The standard InChI is InChI=1S/C14H22N4O2/c1-8(2)6-11(13(19)15-3)16-14(20)12-7-10(17-18-12)9-4-5-9/h7-9,11H,4-6H2,1-3H3,(H,15,19)(H,16,20)(H,17,18). The summed E-state index contributed by atoms with van der Waals surface area (Å²) in [4.78, 5) is 23.9. The summed E-state index contributed by atoms with van der Waals surface area (Å²) < 4.78 is 0. The van der Waals surface area contributed by atoms with Crippen molar-refractivity contribution in [1.29, 1.82) is 0 Å². The number of H-pyrrole nitrogens is 1. The van der Waals surface area contributed by atoms with Crippen LogP contribution in [0.15, 0.2) is 6.07 Å². The molecule has 0 radical (unpaired) electrons. The van der Waals surface area contributed by atoms with E-state index in [9.17, 15) is 9.59 Å². The van der Waals surface area contributed by atoms with Crippen LogP contribution in [-0.4, -0.2) is 35.1 Å². The second-order valence-electron chi connectivity index (χ2n) is 5.75. The first-order valence-electron chi connectivity index (χ1n) is 7.09. The molecule has 6 heteroatoms. The molecule has 2 amide bonds. The Hall–Kier alpha value is -1.85. The molecule has 1 unspecified atom stereocenters. The summed E-state index contributed by atoms with van der Waals surface area (Å²) in [6.07, 6.45) is 2.90. The van der Waals surface area contributed by atoms with Crippen molar-refractivity contribution in [2.45, 2.75) is 45.1 Å². The Kier molecular flexibility index (Phi) is 4.42. The van der Waals surface area contributed by atoms with Gasteiger partial charge in [0, 0.05) is 18.7 Å². The maximum absolute atomic E-state index is 12.1. The molecule has 0 saturated heterocycles. The molecule has 0 aliphatic heterocycles. The number of carbonyl (C=O) groups excluding carboxylic acids is 2. The molecule has 110 valence electrons. The van der Waals surface area contributed by atoms with Crippen LogP contribution in [0.3, 0.4) is 0 Å². The van der Waals surface area contributed by atoms with E-state index in [4.69, 9.17) is 0 Å². The number of rotatable bonds is 6. The summed E-state index contributed by atoms with van der Waals surface area (Å²) in [6, 6.07) is 1.26. The van der Waals surface area contributed by atoms with Gasteiger partial charge in [-0.1, -0.05) is 13.8 Å². The van der Waals surface area contributed by atoms with Crippen LogP contribution in [-0.2, 0) is 4.79 Å². The zero-order chi connectivity index (χ0) is 14.7. The van der Waals surface area contributed by atoms with Gasteiger partial charge in [0.25, 0.3) is 5.91 Å². The van der Waals surface area contributed by atoms with Crippen molar-refractivity contribution in [3.8, 4) is 0 Å². The smallest absolute Gasteiger partial charge is 0.272 e. The third-order valence-corrected chi connectivity index (χ3v) is 3.42. The van der Waals surface area contributed by atoms with Gasteiger partial charge in [-0.3, -0.25) is 14.7 Å². The number of aromatic amines is 1. The maximum atomic E-state index is 12.1. The summed E-state index contributed by atoms with van der Waals surface area (Å²) >= 11 is 0. The van der Waals surface area contributed by atoms with Gasteiger partial charge in [-0.05, 0) is 31.2 Å². The van der Waals surface area contributed by atoms with Gasteiger partial charge >= 0.3 is 0 Å². The number of hydrogen-bond acceptors (Lipinski definition) is 3. The average Bonchev–Trinajstić information content (AvgIpc) is 3.14. The number of nitrogens with zero attached hydrogens (tertiary/aromatic N) is 1. The van der Waals surface area contributed by atoms with Gasteiger partial charge in [-0.15, -0.1) is 0 Å². The van der Waals surface area contributed by atoms with E-state index in [1.165, 1.54) is 0 Å². The largest absolute Gasteiger partial charge is 0.357 e. The molecule has 2 rings (SSSR count). The van der Waals surface area contributed by atoms with E-state index >= 15 is 0 Å². The van der Waals surface area contributed by atoms with Crippen LogP contribution in [0.5, 0.6) is 0 Å². The zero-order valence-electron chi connectivity index (χ0n) is 12.2. The predicted octanol–water partition coefficient (Wildman–Crippen LogP) is 1.18. The Morgan fingerprint density at radius 1 is 1.45 bits per heavy atom. The van der Waals surface area contributed by atoms with E-state index in [-0.39, 0.29) is 11.8 Å². The minimum absolute atomic E-state index is 0.176. The lowest BCUT2D eigenvalue weighted by molar-refractivity contribution is -0.122. The monoisotopic (exact) mass is 278 g/mol. The normalized spacial score (nSPS) is 16.0. The average molecular weight is 278 g/mol. The highest BCUT2D eigenvalue weighted by molar-refractivity contribution is 5.96. The molecule has 1 fully saturated rings. The third-order valence-electron chi connectivity index (χ3n) is 3.42. The Balaban J connectivity index is 2.00. The maximum Gasteiger partial charge on any atom is 0.272 e. The lowest BCUT2D eigenvalue weighted by Crippen LogP contribution is -2.46. The van der Waals surface area contributed by atoms with E-state index < -0.39 is 6.04 Å². The topological polar surface area (TPSA) is 86.9 Å². The number of aromatic nitrogens is 2. The second kappa shape index (κ2) is 6.07. The van der Waals surface area contributed by atoms with Crippen LogP contribution in [0.4, 0.5) is 0 Å². The Bertz CT molecular complexity index is 491. The van der Waals surface area contributed by atoms with Crippen LogP contribution in [0.25, 0.3) is 0 Å². The quantitative estimate of drug-likeness (QED) is 0.730. The van der Waals surface area contributed by atoms with Crippen LogP contribution in [0, 0.1) is 5.92 Å². The molecule has 0 aromatic carbocycles. The van der Waals surface area contributed by atoms with Crippen LogP contribution < -0.4 is 10.6 Å². The van der Waals surface area contributed by atoms with Gasteiger partial charge in [0.05, 0.1) is 0 Å². The number of carbonyl (C=O) groups is 2. The minimum Gasteiger partial charge on any atom is -0.357 e. The third kappa shape index (κ3) is 3.59. The summed E-state index contributed by atoms with van der Waals surface area (Å²) in [5.41, 5.74) is 1.36. The molecule has 1 saturated carbocycles. The Labute approximate surface area is 118 Å². The molecule has 1 aromatic rings. The number of likely N-dealkylation sites (N-methyl/N-ethyl adjacent to an activating group) is 1. The summed E-state index contributed by atoms with van der Waals surface area (Å²) in [5, 5.41) is 12.3. The van der Waals surface area contributed by atoms with Crippen molar-refractivity contribution in [3.05, 3.63) is 17.5 Å². The molecule has 6 nitrogen and oxygen atoms in total. The number of hydrogen-bond donors (Lipinski definition) is 3. The molecule has 1 aliphatic rings. The minimum atomic E-state index is -0.520. The highest BCUT2D eigenvalue weighted by atomic mass is 16.2. The van der Waals surface area contributed by atoms with Crippen LogP contribution in [0.1, 0.15) is 55.2 Å². The van der Waals surface area contributed by atoms with Crippen molar-refractivity contribution < 1.29 is 9.59 Å². The van der Waals surface area contributed by atoms with E-state index in [1.807, 2.05) is 13.8 Å². The lowest BCUT2D eigenvalue weighted by atomic mass is 10.0. The van der Waals surface area contributed by atoms with Crippen molar-refractivity contribution in [2.24, 2.45) is 5.92 Å². The lowest BCUT2D eigenvalue weighted by Gasteiger charge is -2.18. The summed E-state index contributed by atoms with van der Waals surface area (Å²) in [6.45, 7) is 4.03. The molecule has 20 heavy (non-hydrogen) atoms. The van der Waals surface area contributed by atoms with E-state index in [0.717, 1.165) is 18.5 Å². The van der Waals surface area contributed by atoms with Crippen LogP contribution >= 0.6 is 0 Å². The van der Waals surface area contributed by atoms with Gasteiger partial charge in [0.15, 0.2) is 0 Å². The van der Waals surface area contributed by atoms with Crippen molar-refractivity contribution >= 4 is 11.8 Å². The van der Waals surface area contributed by atoms with Gasteiger partial charge in [0.2, 0.25) is 5.91 Å². The van der Waals surface area contributed by atoms with Gasteiger partial charge < -0.3 is 10.6 Å². The van der Waals surface area contributed by atoms with Gasteiger partial charge in [-0.25, -0.2) is 0 Å². The Morgan fingerprint density at radius 2 is 2.15 bits per heavy atom. The predicted molar refractivity (Wildman–Crippen MR) is 75.3 cm³/mol. The molecule has 1 atom stereocenters. The second-order valence-corrected chi connectivity index (χ2v) is 5.75. The first-order chi connectivity index (χ1) is 9.51. The van der Waals surface area contributed by atoms with Crippen LogP contribution in [0.2, 0.25) is 0 Å².